The number of hydrazone groups is 1. The highest BCUT2D eigenvalue weighted by Crippen LogP contribution is 2.28. The molecule has 6 heteroatoms. The summed E-state index contributed by atoms with van der Waals surface area (Å²) in [6, 6.07) is 30.4. The van der Waals surface area contributed by atoms with E-state index >= 15 is 0 Å². The second-order valence-corrected chi connectivity index (χ2v) is 7.87. The quantitative estimate of drug-likeness (QED) is 0.153. The minimum absolute atomic E-state index is 0.106. The molecular formula is C29H20N2O4. The van der Waals surface area contributed by atoms with E-state index in [1.807, 2.05) is 60.7 Å². The van der Waals surface area contributed by atoms with Gasteiger partial charge in [0.1, 0.15) is 11.5 Å². The van der Waals surface area contributed by atoms with E-state index in [0.717, 1.165) is 21.5 Å². The zero-order valence-electron chi connectivity index (χ0n) is 18.5. The monoisotopic (exact) mass is 460 g/mol. The number of carbonyl (C=O) groups is 2. The molecule has 170 valence electrons. The van der Waals surface area contributed by atoms with Crippen LogP contribution in [0.25, 0.3) is 21.5 Å². The minimum Gasteiger partial charge on any atom is -0.507 e. The number of fused-ring (bicyclic) bond motifs is 2. The molecule has 0 aromatic heterocycles. The van der Waals surface area contributed by atoms with E-state index < -0.39 is 11.9 Å². The third-order valence-electron chi connectivity index (χ3n) is 5.61. The maximum absolute atomic E-state index is 12.7. The number of hydrogen-bond acceptors (Lipinski definition) is 5. The van der Waals surface area contributed by atoms with Gasteiger partial charge in [0.15, 0.2) is 0 Å². The Balaban J connectivity index is 1.44. The second kappa shape index (κ2) is 9.49. The van der Waals surface area contributed by atoms with Crippen LogP contribution in [-0.2, 0) is 0 Å². The number of carbonyl (C=O) groups excluding carboxylic acids is 2. The smallest absolute Gasteiger partial charge is 0.343 e. The van der Waals surface area contributed by atoms with Crippen LogP contribution in [0, 0.1) is 0 Å². The van der Waals surface area contributed by atoms with Crippen LogP contribution in [0.5, 0.6) is 11.5 Å². The van der Waals surface area contributed by atoms with Crippen LogP contribution in [0.1, 0.15) is 26.3 Å². The van der Waals surface area contributed by atoms with Gasteiger partial charge in [0.25, 0.3) is 5.91 Å². The van der Waals surface area contributed by atoms with E-state index in [1.165, 1.54) is 6.21 Å². The fraction of sp³-hybridized carbons (Fsp3) is 0. The highest BCUT2D eigenvalue weighted by atomic mass is 16.5. The number of hydrogen-bond donors (Lipinski definition) is 2. The summed E-state index contributed by atoms with van der Waals surface area (Å²) in [7, 11) is 0. The first-order valence-electron chi connectivity index (χ1n) is 10.9. The van der Waals surface area contributed by atoms with Crippen molar-refractivity contribution in [3.05, 3.63) is 120 Å². The molecule has 0 fully saturated rings. The van der Waals surface area contributed by atoms with Crippen LogP contribution in [0.3, 0.4) is 0 Å². The second-order valence-electron chi connectivity index (χ2n) is 7.87. The number of nitrogens with zero attached hydrogens (tertiary/aromatic N) is 1. The van der Waals surface area contributed by atoms with Crippen LogP contribution < -0.4 is 10.2 Å². The largest absolute Gasteiger partial charge is 0.507 e. The molecule has 0 aliphatic heterocycles. The molecule has 0 aliphatic rings. The Bertz CT molecular complexity index is 1590. The normalized spacial score (nSPS) is 11.1. The van der Waals surface area contributed by atoms with Gasteiger partial charge in [-0.15, -0.1) is 0 Å². The Morgan fingerprint density at radius 1 is 0.771 bits per heavy atom. The number of esters is 1. The molecule has 0 heterocycles. The number of ether oxygens (including phenoxy) is 1. The summed E-state index contributed by atoms with van der Waals surface area (Å²) in [6.45, 7) is 0. The number of aromatic hydroxyl groups is 1. The van der Waals surface area contributed by atoms with Crippen molar-refractivity contribution in [3.8, 4) is 11.5 Å². The minimum atomic E-state index is -0.562. The van der Waals surface area contributed by atoms with Crippen molar-refractivity contribution in [1.82, 2.24) is 5.43 Å². The van der Waals surface area contributed by atoms with Gasteiger partial charge in [-0.25, -0.2) is 10.2 Å². The number of phenolic OH excluding ortho intramolecular Hbond substituents is 1. The number of rotatable bonds is 5. The Kier molecular flexibility index (Phi) is 5.92. The SMILES string of the molecule is O=C(Oc1ccc2ccccc2c1/C=N/NC(=O)c1cc2ccccc2cc1O)c1ccccc1. The van der Waals surface area contributed by atoms with Crippen molar-refractivity contribution in [3.63, 3.8) is 0 Å². The molecule has 2 N–H and O–H groups in total. The van der Waals surface area contributed by atoms with Gasteiger partial charge in [-0.3, -0.25) is 4.79 Å². The predicted octanol–water partition coefficient (Wildman–Crippen LogP) is 5.68. The van der Waals surface area contributed by atoms with Crippen LogP contribution in [-0.4, -0.2) is 23.2 Å². The first-order valence-corrected chi connectivity index (χ1v) is 10.9. The molecule has 1 amide bonds. The number of benzene rings is 5. The molecule has 5 rings (SSSR count). The zero-order chi connectivity index (χ0) is 24.2. The fourth-order valence-corrected chi connectivity index (χ4v) is 3.86. The van der Waals surface area contributed by atoms with Gasteiger partial charge in [-0.2, -0.15) is 5.10 Å². The Morgan fingerprint density at radius 2 is 1.43 bits per heavy atom. The van der Waals surface area contributed by atoms with Crippen molar-refractivity contribution in [1.29, 1.82) is 0 Å². The van der Waals surface area contributed by atoms with E-state index in [-0.39, 0.29) is 11.3 Å². The highest BCUT2D eigenvalue weighted by Gasteiger charge is 2.15. The molecule has 0 radical (unpaired) electrons. The summed E-state index contributed by atoms with van der Waals surface area (Å²) in [5.74, 6) is -0.892. The summed E-state index contributed by atoms with van der Waals surface area (Å²) >= 11 is 0. The lowest BCUT2D eigenvalue weighted by Crippen LogP contribution is -2.18. The summed E-state index contributed by atoms with van der Waals surface area (Å²) < 4.78 is 5.67. The number of nitrogens with one attached hydrogen (secondary N) is 1. The van der Waals surface area contributed by atoms with Gasteiger partial charge in [0.05, 0.1) is 17.3 Å². The first-order chi connectivity index (χ1) is 17.1. The number of amides is 1. The molecule has 0 atom stereocenters. The lowest BCUT2D eigenvalue weighted by atomic mass is 10.0. The zero-order valence-corrected chi connectivity index (χ0v) is 18.5. The molecule has 0 saturated heterocycles. The highest BCUT2D eigenvalue weighted by molar-refractivity contribution is 6.05. The topological polar surface area (TPSA) is 88.0 Å². The van der Waals surface area contributed by atoms with E-state index in [0.29, 0.717) is 16.9 Å². The summed E-state index contributed by atoms with van der Waals surface area (Å²) in [6.07, 6.45) is 1.44. The summed E-state index contributed by atoms with van der Waals surface area (Å²) in [5.41, 5.74) is 3.52. The van der Waals surface area contributed by atoms with Crippen LogP contribution in [0.2, 0.25) is 0 Å². The average Bonchev–Trinajstić information content (AvgIpc) is 2.89. The van der Waals surface area contributed by atoms with Crippen LogP contribution in [0.15, 0.2) is 108 Å². The van der Waals surface area contributed by atoms with Gasteiger partial charge in [-0.05, 0) is 51.9 Å². The van der Waals surface area contributed by atoms with Crippen molar-refractivity contribution >= 4 is 39.6 Å². The Labute approximate surface area is 201 Å². The molecular weight excluding hydrogens is 440 g/mol. The molecule has 35 heavy (non-hydrogen) atoms. The van der Waals surface area contributed by atoms with Crippen molar-refractivity contribution in [2.45, 2.75) is 0 Å². The lowest BCUT2D eigenvalue weighted by molar-refractivity contribution is 0.0734. The molecule has 5 aromatic carbocycles. The summed E-state index contributed by atoms with van der Waals surface area (Å²) in [4.78, 5) is 25.4. The fourth-order valence-electron chi connectivity index (χ4n) is 3.86. The number of phenols is 1. The first kappa shape index (κ1) is 21.9. The molecule has 5 aromatic rings. The summed E-state index contributed by atoms with van der Waals surface area (Å²) in [5, 5.41) is 17.8. The van der Waals surface area contributed by atoms with E-state index in [9.17, 15) is 14.7 Å². The molecule has 0 saturated carbocycles. The third kappa shape index (κ3) is 4.58. The van der Waals surface area contributed by atoms with Gasteiger partial charge in [0.2, 0.25) is 0 Å². The maximum atomic E-state index is 12.7. The van der Waals surface area contributed by atoms with E-state index in [2.05, 4.69) is 10.5 Å². The molecule has 0 aliphatic carbocycles. The Morgan fingerprint density at radius 3 is 2.20 bits per heavy atom. The van der Waals surface area contributed by atoms with Crippen molar-refractivity contribution < 1.29 is 19.4 Å². The maximum Gasteiger partial charge on any atom is 0.343 e. The van der Waals surface area contributed by atoms with Crippen molar-refractivity contribution in [2.24, 2.45) is 5.10 Å². The van der Waals surface area contributed by atoms with E-state index in [4.69, 9.17) is 4.74 Å². The molecule has 0 bridgehead atoms. The van der Waals surface area contributed by atoms with Gasteiger partial charge in [-0.1, -0.05) is 72.8 Å². The van der Waals surface area contributed by atoms with Gasteiger partial charge < -0.3 is 9.84 Å². The van der Waals surface area contributed by atoms with Crippen LogP contribution >= 0.6 is 0 Å². The third-order valence-corrected chi connectivity index (χ3v) is 5.61. The predicted molar refractivity (Wildman–Crippen MR) is 136 cm³/mol. The standard InChI is InChI=1S/C29H20N2O4/c32-26-17-22-12-5-4-11-21(22)16-24(26)28(33)31-30-18-25-23-13-7-6-8-19(23)14-15-27(25)35-29(34)20-9-2-1-3-10-20/h1-18,32H,(H,31,33)/b30-18+. The van der Waals surface area contributed by atoms with Crippen molar-refractivity contribution in [2.75, 3.05) is 0 Å². The molecule has 0 spiro atoms. The molecule has 6 nitrogen and oxygen atoms in total. The van der Waals surface area contributed by atoms with Crippen LogP contribution in [0.4, 0.5) is 0 Å². The van der Waals surface area contributed by atoms with Gasteiger partial charge >= 0.3 is 5.97 Å². The average molecular weight is 460 g/mol. The lowest BCUT2D eigenvalue weighted by Gasteiger charge is -2.11. The van der Waals surface area contributed by atoms with E-state index in [1.54, 1.807) is 42.5 Å². The molecule has 0 unspecified atom stereocenters. The van der Waals surface area contributed by atoms with Gasteiger partial charge in [0, 0.05) is 5.56 Å². The Hall–Kier alpha value is -4.97.